The molecule has 1 atom stereocenters. The van der Waals surface area contributed by atoms with E-state index in [2.05, 4.69) is 9.97 Å². The molecule has 0 saturated carbocycles. The van der Waals surface area contributed by atoms with Crippen molar-refractivity contribution in [1.82, 2.24) is 14.9 Å². The predicted molar refractivity (Wildman–Crippen MR) is 112 cm³/mol. The minimum atomic E-state index is -0.540. The van der Waals surface area contributed by atoms with Crippen molar-refractivity contribution in [2.75, 3.05) is 6.54 Å². The van der Waals surface area contributed by atoms with Gasteiger partial charge in [-0.3, -0.25) is 9.59 Å². The Balaban J connectivity index is 1.64. The van der Waals surface area contributed by atoms with Gasteiger partial charge in [0, 0.05) is 22.6 Å². The van der Waals surface area contributed by atoms with Crippen molar-refractivity contribution in [1.29, 1.82) is 0 Å². The lowest BCUT2D eigenvalue weighted by atomic mass is 10.0. The van der Waals surface area contributed by atoms with Crippen LogP contribution >= 0.6 is 34.8 Å². The van der Waals surface area contributed by atoms with Crippen molar-refractivity contribution in [3.8, 4) is 0 Å². The van der Waals surface area contributed by atoms with Gasteiger partial charge in [0.25, 0.3) is 11.5 Å². The van der Waals surface area contributed by atoms with Gasteiger partial charge in [0.15, 0.2) is 5.69 Å². The Morgan fingerprint density at radius 3 is 2.68 bits per heavy atom. The lowest BCUT2D eigenvalue weighted by Gasteiger charge is -2.24. The number of hydrogen-bond acceptors (Lipinski definition) is 3. The first-order valence-corrected chi connectivity index (χ1v) is 10.0. The number of rotatable bonds is 3. The number of amides is 1. The molecule has 1 amide bonds. The van der Waals surface area contributed by atoms with E-state index in [0.717, 1.165) is 18.4 Å². The number of carbonyl (C=O) groups excluding carboxylic acids is 1. The number of hydrogen-bond donors (Lipinski definition) is 1. The summed E-state index contributed by atoms with van der Waals surface area (Å²) in [6, 6.07) is 10.4. The Morgan fingerprint density at radius 2 is 1.93 bits per heavy atom. The largest absolute Gasteiger partial charge is 0.334 e. The van der Waals surface area contributed by atoms with E-state index in [1.165, 1.54) is 0 Å². The fraction of sp³-hybridized carbons (Fsp3) is 0.250. The summed E-state index contributed by atoms with van der Waals surface area (Å²) < 4.78 is 0. The van der Waals surface area contributed by atoms with E-state index >= 15 is 0 Å². The third-order valence-electron chi connectivity index (χ3n) is 4.91. The SMILES string of the molecule is O=C(c1nc2cccc(Cl)c2[nH]c1=O)N1CCCC1Cc1cc(Cl)cc(Cl)c1. The van der Waals surface area contributed by atoms with Gasteiger partial charge in [-0.2, -0.15) is 0 Å². The number of aromatic amines is 1. The highest BCUT2D eigenvalue weighted by molar-refractivity contribution is 6.35. The van der Waals surface area contributed by atoms with Crippen LogP contribution in [0.5, 0.6) is 0 Å². The highest BCUT2D eigenvalue weighted by Crippen LogP contribution is 2.26. The molecule has 0 aliphatic carbocycles. The van der Waals surface area contributed by atoms with Gasteiger partial charge < -0.3 is 9.88 Å². The second kappa shape index (κ2) is 7.74. The number of likely N-dealkylation sites (tertiary alicyclic amines) is 1. The highest BCUT2D eigenvalue weighted by Gasteiger charge is 2.32. The van der Waals surface area contributed by atoms with Crippen LogP contribution in [0.3, 0.4) is 0 Å². The molecule has 0 bridgehead atoms. The molecule has 5 nitrogen and oxygen atoms in total. The molecule has 28 heavy (non-hydrogen) atoms. The molecule has 1 aliphatic rings. The fourth-order valence-electron chi connectivity index (χ4n) is 3.67. The minimum absolute atomic E-state index is 0.0432. The molecule has 1 N–H and O–H groups in total. The second-order valence-corrected chi connectivity index (χ2v) is 8.10. The molecule has 4 rings (SSSR count). The highest BCUT2D eigenvalue weighted by atomic mass is 35.5. The van der Waals surface area contributed by atoms with Crippen LogP contribution in [-0.4, -0.2) is 33.4 Å². The zero-order valence-electron chi connectivity index (χ0n) is 14.7. The number of para-hydroxylation sites is 1. The maximum atomic E-state index is 13.1. The van der Waals surface area contributed by atoms with Gasteiger partial charge in [-0.15, -0.1) is 0 Å². The number of H-pyrrole nitrogens is 1. The molecule has 1 saturated heterocycles. The number of nitrogens with zero attached hydrogens (tertiary/aromatic N) is 2. The first kappa shape index (κ1) is 19.2. The van der Waals surface area contributed by atoms with Crippen LogP contribution < -0.4 is 5.56 Å². The van der Waals surface area contributed by atoms with Crippen LogP contribution in [0, 0.1) is 0 Å². The Kier molecular flexibility index (Phi) is 5.32. The molecule has 2 aromatic carbocycles. The fourth-order valence-corrected chi connectivity index (χ4v) is 4.46. The van der Waals surface area contributed by atoms with Crippen LogP contribution in [0.15, 0.2) is 41.2 Å². The predicted octanol–water partition coefficient (Wildman–Crippen LogP) is 4.73. The van der Waals surface area contributed by atoms with Gasteiger partial charge in [0.2, 0.25) is 0 Å². The third-order valence-corrected chi connectivity index (χ3v) is 5.66. The first-order chi connectivity index (χ1) is 13.4. The van der Waals surface area contributed by atoms with Gasteiger partial charge in [0.05, 0.1) is 16.1 Å². The lowest BCUT2D eigenvalue weighted by Crippen LogP contribution is -2.40. The van der Waals surface area contributed by atoms with E-state index in [1.807, 2.05) is 12.1 Å². The molecule has 8 heteroatoms. The molecule has 3 aromatic rings. The summed E-state index contributed by atoms with van der Waals surface area (Å²) >= 11 is 18.3. The molecular weight excluding hydrogens is 421 g/mol. The van der Waals surface area contributed by atoms with E-state index in [-0.39, 0.29) is 17.6 Å². The van der Waals surface area contributed by atoms with Crippen LogP contribution in [0.4, 0.5) is 0 Å². The van der Waals surface area contributed by atoms with Crippen molar-refractivity contribution in [2.24, 2.45) is 0 Å². The average Bonchev–Trinajstić information content (AvgIpc) is 3.08. The third kappa shape index (κ3) is 3.75. The molecule has 1 aliphatic heterocycles. The van der Waals surface area contributed by atoms with E-state index in [0.29, 0.717) is 39.1 Å². The molecule has 0 spiro atoms. The molecular formula is C20H16Cl3N3O2. The van der Waals surface area contributed by atoms with E-state index in [9.17, 15) is 9.59 Å². The summed E-state index contributed by atoms with van der Waals surface area (Å²) in [7, 11) is 0. The van der Waals surface area contributed by atoms with Crippen LogP contribution in [0.25, 0.3) is 11.0 Å². The zero-order chi connectivity index (χ0) is 19.8. The molecule has 0 radical (unpaired) electrons. The standard InChI is InChI=1S/C20H16Cl3N3O2/c21-12-7-11(8-13(22)10-12)9-14-3-2-6-26(14)20(28)18-19(27)25-17-15(23)4-1-5-16(17)24-18/h1,4-5,7-8,10,14H,2-3,6,9H2,(H,25,27). The molecule has 144 valence electrons. The molecule has 2 heterocycles. The summed E-state index contributed by atoms with van der Waals surface area (Å²) in [6.45, 7) is 0.576. The monoisotopic (exact) mass is 435 g/mol. The lowest BCUT2D eigenvalue weighted by molar-refractivity contribution is 0.0729. The van der Waals surface area contributed by atoms with Crippen molar-refractivity contribution in [3.05, 3.63) is 73.1 Å². The smallest absolute Gasteiger partial charge is 0.280 e. The molecule has 1 fully saturated rings. The van der Waals surface area contributed by atoms with Crippen molar-refractivity contribution >= 4 is 51.7 Å². The van der Waals surface area contributed by atoms with Crippen molar-refractivity contribution in [2.45, 2.75) is 25.3 Å². The van der Waals surface area contributed by atoms with Gasteiger partial charge in [-0.1, -0.05) is 40.9 Å². The number of benzene rings is 2. The van der Waals surface area contributed by atoms with Gasteiger partial charge in [-0.25, -0.2) is 4.98 Å². The van der Waals surface area contributed by atoms with Gasteiger partial charge in [-0.05, 0) is 55.2 Å². The van der Waals surface area contributed by atoms with E-state index < -0.39 is 5.56 Å². The summed E-state index contributed by atoms with van der Waals surface area (Å²) in [5.41, 5.74) is 1.20. The Bertz CT molecular complexity index is 1110. The number of fused-ring (bicyclic) bond motifs is 1. The van der Waals surface area contributed by atoms with Crippen LogP contribution in [-0.2, 0) is 6.42 Å². The first-order valence-electron chi connectivity index (χ1n) is 8.87. The summed E-state index contributed by atoms with van der Waals surface area (Å²) in [5, 5.41) is 1.50. The zero-order valence-corrected chi connectivity index (χ0v) is 17.0. The minimum Gasteiger partial charge on any atom is -0.334 e. The molecule has 1 aromatic heterocycles. The van der Waals surface area contributed by atoms with E-state index in [1.54, 1.807) is 29.2 Å². The number of aromatic nitrogens is 2. The Hall–Kier alpha value is -2.08. The maximum absolute atomic E-state index is 13.1. The normalized spacial score (nSPS) is 16.7. The number of carbonyl (C=O) groups is 1. The van der Waals surface area contributed by atoms with Gasteiger partial charge in [0.1, 0.15) is 0 Å². The number of halogens is 3. The Labute approximate surface area is 176 Å². The summed E-state index contributed by atoms with van der Waals surface area (Å²) in [5.74, 6) is -0.376. The van der Waals surface area contributed by atoms with Crippen LogP contribution in [0.1, 0.15) is 28.9 Å². The summed E-state index contributed by atoms with van der Waals surface area (Å²) in [6.07, 6.45) is 2.32. The Morgan fingerprint density at radius 1 is 1.18 bits per heavy atom. The van der Waals surface area contributed by atoms with Gasteiger partial charge >= 0.3 is 0 Å². The van der Waals surface area contributed by atoms with E-state index in [4.69, 9.17) is 34.8 Å². The van der Waals surface area contributed by atoms with Crippen LogP contribution in [0.2, 0.25) is 15.1 Å². The second-order valence-electron chi connectivity index (χ2n) is 6.82. The average molecular weight is 437 g/mol. The topological polar surface area (TPSA) is 66.1 Å². The summed E-state index contributed by atoms with van der Waals surface area (Å²) in [4.78, 5) is 34.2. The maximum Gasteiger partial charge on any atom is 0.280 e. The number of nitrogens with one attached hydrogen (secondary N) is 1. The quantitative estimate of drug-likeness (QED) is 0.645. The molecule has 1 unspecified atom stereocenters. The van der Waals surface area contributed by atoms with Crippen molar-refractivity contribution in [3.63, 3.8) is 0 Å². The van der Waals surface area contributed by atoms with Crippen molar-refractivity contribution < 1.29 is 4.79 Å².